The first-order valence-corrected chi connectivity index (χ1v) is 12.2. The van der Waals surface area contributed by atoms with Crippen LogP contribution >= 0.6 is 0 Å². The van der Waals surface area contributed by atoms with Crippen LogP contribution in [-0.4, -0.2) is 58.4 Å². The summed E-state index contributed by atoms with van der Waals surface area (Å²) in [5, 5.41) is 0. The molecule has 1 saturated heterocycles. The van der Waals surface area contributed by atoms with Crippen molar-refractivity contribution >= 4 is 23.1 Å². The summed E-state index contributed by atoms with van der Waals surface area (Å²) in [4.78, 5) is 28.3. The number of hydrogen-bond donors (Lipinski definition) is 0. The molecule has 1 amide bonds. The van der Waals surface area contributed by atoms with Crippen LogP contribution in [0.25, 0.3) is 11.3 Å². The monoisotopic (exact) mass is 465 g/mol. The topological polar surface area (TPSA) is 52.6 Å². The van der Waals surface area contributed by atoms with Gasteiger partial charge in [0.1, 0.15) is 6.54 Å². The molecule has 1 unspecified atom stereocenters. The minimum Gasteiger partial charge on any atom is -0.338 e. The van der Waals surface area contributed by atoms with E-state index in [0.717, 1.165) is 30.3 Å². The van der Waals surface area contributed by atoms with Gasteiger partial charge in [0.15, 0.2) is 0 Å². The van der Waals surface area contributed by atoms with E-state index in [1.165, 1.54) is 16.7 Å². The number of carbonyl (C=O) groups excluding carboxylic acids is 1. The number of nitrogens with zero attached hydrogens (tertiary/aromatic N) is 5. The van der Waals surface area contributed by atoms with Crippen LogP contribution in [-0.2, 0) is 4.79 Å². The van der Waals surface area contributed by atoms with Gasteiger partial charge in [0.25, 0.3) is 0 Å². The fourth-order valence-corrected chi connectivity index (χ4v) is 4.72. The summed E-state index contributed by atoms with van der Waals surface area (Å²) in [5.41, 5.74) is 5.87. The second kappa shape index (κ2) is 10.1. The Labute approximate surface area is 207 Å². The fourth-order valence-electron chi connectivity index (χ4n) is 4.72. The molecular formula is C29H31N5O. The Balaban J connectivity index is 1.35. The molecule has 1 fully saturated rings. The standard InChI is InChI=1S/C29H31N5O/c1-22-9-11-24(12-10-22)26-20-34(27(19-23(26)2)25-7-4-3-5-8-25)21-28(35)32-15-17-33(18-16-32)29-30-13-6-14-31-29/h3-14,19-20,23H,15-18,21H2,1-2H3. The van der Waals surface area contributed by atoms with E-state index in [4.69, 9.17) is 0 Å². The number of rotatable bonds is 5. The first-order chi connectivity index (χ1) is 17.1. The molecule has 2 aliphatic rings. The number of aryl methyl sites for hydroxylation is 1. The van der Waals surface area contributed by atoms with E-state index < -0.39 is 0 Å². The summed E-state index contributed by atoms with van der Waals surface area (Å²) in [6, 6.07) is 20.8. The number of benzene rings is 2. The highest BCUT2D eigenvalue weighted by molar-refractivity contribution is 5.84. The lowest BCUT2D eigenvalue weighted by molar-refractivity contribution is -0.131. The molecule has 35 heavy (non-hydrogen) atoms. The van der Waals surface area contributed by atoms with Crippen molar-refractivity contribution in [2.45, 2.75) is 13.8 Å². The van der Waals surface area contributed by atoms with Gasteiger partial charge in [-0.1, -0.05) is 73.2 Å². The number of anilines is 1. The SMILES string of the molecule is Cc1ccc(C2=CN(CC(=O)N3CCN(c4ncccn4)CC3)C(c3ccccc3)=CC2C)cc1. The number of carbonyl (C=O) groups is 1. The summed E-state index contributed by atoms with van der Waals surface area (Å²) >= 11 is 0. The highest BCUT2D eigenvalue weighted by Gasteiger charge is 2.27. The first kappa shape index (κ1) is 22.8. The van der Waals surface area contributed by atoms with Gasteiger partial charge in [0, 0.05) is 56.4 Å². The highest BCUT2D eigenvalue weighted by atomic mass is 16.2. The lowest BCUT2D eigenvalue weighted by atomic mass is 9.89. The predicted octanol–water partition coefficient (Wildman–Crippen LogP) is 4.47. The largest absolute Gasteiger partial charge is 0.338 e. The Morgan fingerprint density at radius 1 is 0.886 bits per heavy atom. The van der Waals surface area contributed by atoms with Crippen molar-refractivity contribution in [1.29, 1.82) is 0 Å². The lowest BCUT2D eigenvalue weighted by Gasteiger charge is -2.37. The Morgan fingerprint density at radius 2 is 1.57 bits per heavy atom. The predicted molar refractivity (Wildman–Crippen MR) is 140 cm³/mol. The summed E-state index contributed by atoms with van der Waals surface area (Å²) < 4.78 is 0. The van der Waals surface area contributed by atoms with Gasteiger partial charge in [-0.15, -0.1) is 0 Å². The van der Waals surface area contributed by atoms with Crippen LogP contribution in [0.5, 0.6) is 0 Å². The molecule has 0 aliphatic carbocycles. The van der Waals surface area contributed by atoms with E-state index in [1.54, 1.807) is 12.4 Å². The van der Waals surface area contributed by atoms with Crippen LogP contribution in [0.1, 0.15) is 23.6 Å². The summed E-state index contributed by atoms with van der Waals surface area (Å²) in [5.74, 6) is 1.10. The van der Waals surface area contributed by atoms with E-state index in [2.05, 4.69) is 82.3 Å². The molecule has 2 aromatic carbocycles. The van der Waals surface area contributed by atoms with Gasteiger partial charge in [-0.05, 0) is 29.7 Å². The second-order valence-corrected chi connectivity index (χ2v) is 9.20. The Morgan fingerprint density at radius 3 is 2.26 bits per heavy atom. The Hall–Kier alpha value is -3.93. The zero-order chi connectivity index (χ0) is 24.2. The quantitative estimate of drug-likeness (QED) is 0.557. The molecule has 0 radical (unpaired) electrons. The Kier molecular flexibility index (Phi) is 6.62. The summed E-state index contributed by atoms with van der Waals surface area (Å²) in [7, 11) is 0. The summed E-state index contributed by atoms with van der Waals surface area (Å²) in [6.07, 6.45) is 7.96. The molecular weight excluding hydrogens is 434 g/mol. The van der Waals surface area contributed by atoms with E-state index in [0.29, 0.717) is 19.6 Å². The maximum Gasteiger partial charge on any atom is 0.242 e. The molecule has 0 N–H and O–H groups in total. The average molecular weight is 466 g/mol. The van der Waals surface area contributed by atoms with Gasteiger partial charge in [0.2, 0.25) is 11.9 Å². The third-order valence-electron chi connectivity index (χ3n) is 6.73. The van der Waals surface area contributed by atoms with Crippen LogP contribution in [0.2, 0.25) is 0 Å². The smallest absolute Gasteiger partial charge is 0.242 e. The van der Waals surface area contributed by atoms with Crippen LogP contribution in [0.3, 0.4) is 0 Å². The van der Waals surface area contributed by atoms with Gasteiger partial charge >= 0.3 is 0 Å². The van der Waals surface area contributed by atoms with Crippen LogP contribution in [0, 0.1) is 12.8 Å². The van der Waals surface area contributed by atoms with Crippen molar-refractivity contribution in [2.24, 2.45) is 5.92 Å². The molecule has 0 saturated carbocycles. The number of amides is 1. The van der Waals surface area contributed by atoms with Crippen LogP contribution in [0.15, 0.2) is 85.3 Å². The molecule has 1 aromatic heterocycles. The first-order valence-electron chi connectivity index (χ1n) is 12.2. The molecule has 0 spiro atoms. The third kappa shape index (κ3) is 5.11. The number of aromatic nitrogens is 2. The van der Waals surface area contributed by atoms with Crippen molar-refractivity contribution < 1.29 is 4.79 Å². The molecule has 178 valence electrons. The maximum absolute atomic E-state index is 13.4. The molecule has 3 aromatic rings. The minimum absolute atomic E-state index is 0.134. The molecule has 3 heterocycles. The number of allylic oxidation sites excluding steroid dienone is 2. The zero-order valence-corrected chi connectivity index (χ0v) is 20.3. The number of piperazine rings is 1. The van der Waals surface area contributed by atoms with Gasteiger partial charge in [-0.25, -0.2) is 9.97 Å². The number of hydrogen-bond acceptors (Lipinski definition) is 5. The summed E-state index contributed by atoms with van der Waals surface area (Å²) in [6.45, 7) is 7.44. The minimum atomic E-state index is 0.134. The van der Waals surface area contributed by atoms with Gasteiger partial charge < -0.3 is 14.7 Å². The van der Waals surface area contributed by atoms with Crippen molar-refractivity contribution in [1.82, 2.24) is 19.8 Å². The van der Waals surface area contributed by atoms with E-state index >= 15 is 0 Å². The van der Waals surface area contributed by atoms with Crippen LogP contribution < -0.4 is 4.90 Å². The highest BCUT2D eigenvalue weighted by Crippen LogP contribution is 2.35. The van der Waals surface area contributed by atoms with Gasteiger partial charge in [-0.3, -0.25) is 4.79 Å². The molecule has 5 rings (SSSR count). The van der Waals surface area contributed by atoms with Gasteiger partial charge in [-0.2, -0.15) is 0 Å². The zero-order valence-electron chi connectivity index (χ0n) is 20.3. The normalized spacial score (nSPS) is 18.2. The van der Waals surface area contributed by atoms with Crippen molar-refractivity contribution in [3.8, 4) is 0 Å². The van der Waals surface area contributed by atoms with E-state index in [9.17, 15) is 4.79 Å². The van der Waals surface area contributed by atoms with E-state index in [1.807, 2.05) is 29.2 Å². The average Bonchev–Trinajstić information content (AvgIpc) is 2.91. The molecule has 6 heteroatoms. The molecule has 6 nitrogen and oxygen atoms in total. The lowest BCUT2D eigenvalue weighted by Crippen LogP contribution is -2.51. The second-order valence-electron chi connectivity index (χ2n) is 9.20. The van der Waals surface area contributed by atoms with Crippen molar-refractivity contribution in [3.05, 3.63) is 102 Å². The Bertz CT molecular complexity index is 1210. The van der Waals surface area contributed by atoms with E-state index in [-0.39, 0.29) is 11.8 Å². The molecule has 0 bridgehead atoms. The van der Waals surface area contributed by atoms with Crippen molar-refractivity contribution in [3.63, 3.8) is 0 Å². The fraction of sp³-hybridized carbons (Fsp3) is 0.276. The van der Waals surface area contributed by atoms with Crippen molar-refractivity contribution in [2.75, 3.05) is 37.6 Å². The maximum atomic E-state index is 13.4. The van der Waals surface area contributed by atoms with Crippen LogP contribution in [0.4, 0.5) is 5.95 Å². The van der Waals surface area contributed by atoms with Gasteiger partial charge in [0.05, 0.1) is 0 Å². The third-order valence-corrected chi connectivity index (χ3v) is 6.73. The molecule has 2 aliphatic heterocycles. The molecule has 1 atom stereocenters.